The first-order chi connectivity index (χ1) is 11.1. The number of hydroxylamine groups is 2. The van der Waals surface area contributed by atoms with Gasteiger partial charge >= 0.3 is 5.91 Å². The van der Waals surface area contributed by atoms with Crippen molar-refractivity contribution in [2.75, 3.05) is 13.3 Å². The van der Waals surface area contributed by atoms with Crippen LogP contribution in [0, 0.1) is 5.21 Å². The van der Waals surface area contributed by atoms with E-state index in [1.807, 2.05) is 30.1 Å². The highest BCUT2D eigenvalue weighted by Gasteiger charge is 2.49. The number of hydrogen-bond donors (Lipinski definition) is 1. The highest BCUT2D eigenvalue weighted by molar-refractivity contribution is 6.04. The summed E-state index contributed by atoms with van der Waals surface area (Å²) in [6, 6.07) is 6.83. The zero-order valence-electron chi connectivity index (χ0n) is 12.7. The molecular formula is C17H17N3O3. The van der Waals surface area contributed by atoms with Crippen LogP contribution >= 0.6 is 0 Å². The van der Waals surface area contributed by atoms with E-state index in [1.165, 1.54) is 0 Å². The molecule has 0 saturated carbocycles. The first-order valence-corrected chi connectivity index (χ1v) is 7.63. The van der Waals surface area contributed by atoms with Crippen LogP contribution < -0.4 is 14.7 Å². The van der Waals surface area contributed by atoms with E-state index in [0.29, 0.717) is 23.7 Å². The second-order valence-corrected chi connectivity index (χ2v) is 5.69. The van der Waals surface area contributed by atoms with Crippen LogP contribution in [0.1, 0.15) is 6.92 Å². The fourth-order valence-corrected chi connectivity index (χ4v) is 3.18. The number of allylic oxidation sites excluding steroid dienone is 2. The third kappa shape index (κ3) is 1.99. The molecule has 6 nitrogen and oxygen atoms in total. The summed E-state index contributed by atoms with van der Waals surface area (Å²) in [5.41, 5.74) is 1.77. The molecule has 0 aromatic heterocycles. The number of fused-ring (bicyclic) bond motifs is 3. The molecule has 2 unspecified atom stereocenters. The number of benzene rings is 1. The van der Waals surface area contributed by atoms with Gasteiger partial charge in [0.1, 0.15) is 11.4 Å². The molecule has 1 aliphatic carbocycles. The Bertz CT molecular complexity index is 751. The van der Waals surface area contributed by atoms with Crippen LogP contribution in [0.4, 0.5) is 5.69 Å². The molecule has 2 heterocycles. The highest BCUT2D eigenvalue weighted by Crippen LogP contribution is 2.38. The second kappa shape index (κ2) is 4.97. The number of nitrogens with zero attached hydrogens (tertiary/aromatic N) is 2. The van der Waals surface area contributed by atoms with E-state index in [1.54, 1.807) is 30.5 Å². The van der Waals surface area contributed by atoms with E-state index in [0.717, 1.165) is 5.70 Å². The lowest BCUT2D eigenvalue weighted by atomic mass is 10.2. The number of rotatable bonds is 3. The van der Waals surface area contributed by atoms with Crippen molar-refractivity contribution in [1.82, 2.24) is 14.9 Å². The molecule has 1 saturated heterocycles. The Hall–Kier alpha value is -2.57. The molecule has 4 rings (SSSR count). The minimum atomic E-state index is -1.01. The Kier molecular flexibility index (Phi) is 3.04. The maximum Gasteiger partial charge on any atom is 0.370 e. The number of quaternary nitrogens is 1. The van der Waals surface area contributed by atoms with Gasteiger partial charge in [0.2, 0.25) is 0 Å². The van der Waals surface area contributed by atoms with E-state index in [-0.39, 0.29) is 12.7 Å². The first kappa shape index (κ1) is 14.0. The molecule has 1 aromatic rings. The number of amides is 1. The van der Waals surface area contributed by atoms with Crippen molar-refractivity contribution in [2.45, 2.75) is 13.0 Å². The zero-order valence-corrected chi connectivity index (χ0v) is 12.7. The van der Waals surface area contributed by atoms with Gasteiger partial charge in [-0.25, -0.2) is 9.44 Å². The van der Waals surface area contributed by atoms with E-state index in [9.17, 15) is 10.0 Å². The highest BCUT2D eigenvalue weighted by atomic mass is 16.6. The summed E-state index contributed by atoms with van der Waals surface area (Å²) >= 11 is 0. The van der Waals surface area contributed by atoms with Crippen LogP contribution in [0.3, 0.4) is 0 Å². The molecule has 118 valence electrons. The van der Waals surface area contributed by atoms with Gasteiger partial charge in [-0.1, -0.05) is 12.2 Å². The fourth-order valence-electron chi connectivity index (χ4n) is 3.18. The van der Waals surface area contributed by atoms with Gasteiger partial charge in [-0.2, -0.15) is 0 Å². The topological polar surface area (TPSA) is 64.6 Å². The van der Waals surface area contributed by atoms with E-state index in [4.69, 9.17) is 4.74 Å². The summed E-state index contributed by atoms with van der Waals surface area (Å²) in [4.78, 5) is 14.5. The molecule has 23 heavy (non-hydrogen) atoms. The predicted octanol–water partition coefficient (Wildman–Crippen LogP) is 1.96. The van der Waals surface area contributed by atoms with E-state index < -0.39 is 10.6 Å². The van der Waals surface area contributed by atoms with Gasteiger partial charge in [-0.15, -0.1) is 0 Å². The number of ether oxygens (including phenoxy) is 1. The van der Waals surface area contributed by atoms with Crippen molar-refractivity contribution in [3.05, 3.63) is 65.3 Å². The van der Waals surface area contributed by atoms with Gasteiger partial charge in [0, 0.05) is 18.3 Å². The third-order valence-corrected chi connectivity index (χ3v) is 4.34. The zero-order chi connectivity index (χ0) is 16.0. The van der Waals surface area contributed by atoms with Crippen LogP contribution in [0.2, 0.25) is 0 Å². The third-order valence-electron chi connectivity index (χ3n) is 4.34. The van der Waals surface area contributed by atoms with Crippen LogP contribution in [-0.2, 0) is 4.79 Å². The van der Waals surface area contributed by atoms with Gasteiger partial charge in [-0.05, 0) is 25.1 Å². The standard InChI is InChI=1S/C17H17N3O3/c1-2-23-13-8-6-12(7-9-13)20(22)11-19-15-5-3-4-14(15)18-10-16(19)17(20)21/h3-10,14,18H,2,11H2,1H3. The maximum absolute atomic E-state index is 13.2. The van der Waals surface area contributed by atoms with Crippen molar-refractivity contribution < 1.29 is 9.53 Å². The molecule has 2 aliphatic heterocycles. The van der Waals surface area contributed by atoms with Gasteiger partial charge in [-0.3, -0.25) is 4.90 Å². The Labute approximate surface area is 134 Å². The minimum Gasteiger partial charge on any atom is -0.618 e. The van der Waals surface area contributed by atoms with Crippen LogP contribution in [0.5, 0.6) is 5.75 Å². The molecule has 2 atom stereocenters. The molecule has 6 heteroatoms. The van der Waals surface area contributed by atoms with Gasteiger partial charge in [0.05, 0.1) is 18.3 Å². The Morgan fingerprint density at radius 3 is 2.91 bits per heavy atom. The normalized spacial score (nSPS) is 28.0. The van der Waals surface area contributed by atoms with Crippen LogP contribution in [-0.4, -0.2) is 30.1 Å². The quantitative estimate of drug-likeness (QED) is 0.683. The number of carbonyl (C=O) groups excluding carboxylic acids is 1. The van der Waals surface area contributed by atoms with Crippen molar-refractivity contribution in [2.24, 2.45) is 0 Å². The maximum atomic E-state index is 13.2. The molecule has 1 aromatic carbocycles. The molecule has 3 aliphatic rings. The van der Waals surface area contributed by atoms with Crippen LogP contribution in [0.25, 0.3) is 0 Å². The largest absolute Gasteiger partial charge is 0.618 e. The summed E-state index contributed by atoms with van der Waals surface area (Å²) in [6.07, 6.45) is 7.52. The van der Waals surface area contributed by atoms with Crippen molar-refractivity contribution in [3.8, 4) is 5.75 Å². The molecule has 0 bridgehead atoms. The predicted molar refractivity (Wildman–Crippen MR) is 86.7 cm³/mol. The Morgan fingerprint density at radius 2 is 2.17 bits per heavy atom. The fraction of sp³-hybridized carbons (Fsp3) is 0.235. The van der Waals surface area contributed by atoms with Crippen LogP contribution in [0.15, 0.2) is 60.1 Å². The Morgan fingerprint density at radius 1 is 1.39 bits per heavy atom. The summed E-state index contributed by atoms with van der Waals surface area (Å²) in [5, 5.41) is 16.4. The van der Waals surface area contributed by atoms with Crippen molar-refractivity contribution in [1.29, 1.82) is 0 Å². The average molecular weight is 311 g/mol. The Balaban J connectivity index is 1.68. The van der Waals surface area contributed by atoms with E-state index in [2.05, 4.69) is 5.32 Å². The summed E-state index contributed by atoms with van der Waals surface area (Å²) in [6.45, 7) is 2.52. The summed E-state index contributed by atoms with van der Waals surface area (Å²) in [5.74, 6) is 0.240. The summed E-state index contributed by atoms with van der Waals surface area (Å²) < 4.78 is 4.38. The second-order valence-electron chi connectivity index (χ2n) is 5.69. The van der Waals surface area contributed by atoms with E-state index >= 15 is 0 Å². The van der Waals surface area contributed by atoms with Crippen molar-refractivity contribution >= 4 is 11.6 Å². The lowest BCUT2D eigenvalue weighted by Gasteiger charge is -2.34. The molecule has 0 radical (unpaired) electrons. The minimum absolute atomic E-state index is 0.0402. The number of nitrogens with one attached hydrogen (secondary N) is 1. The molecule has 1 fully saturated rings. The van der Waals surface area contributed by atoms with Gasteiger partial charge in [0.15, 0.2) is 12.4 Å². The SMILES string of the molecule is CCOc1ccc([N+]2([O-])CN3C(=CNC4C=CC=C43)C2=O)cc1. The molecule has 1 N–H and O–H groups in total. The molecular weight excluding hydrogens is 294 g/mol. The van der Waals surface area contributed by atoms with Gasteiger partial charge in [0.25, 0.3) is 0 Å². The van der Waals surface area contributed by atoms with Crippen molar-refractivity contribution in [3.63, 3.8) is 0 Å². The smallest absolute Gasteiger partial charge is 0.370 e. The molecule has 0 spiro atoms. The first-order valence-electron chi connectivity index (χ1n) is 7.63. The average Bonchev–Trinajstić information content (AvgIpc) is 3.13. The lowest BCUT2D eigenvalue weighted by Crippen LogP contribution is -2.45. The summed E-state index contributed by atoms with van der Waals surface area (Å²) in [7, 11) is 0. The molecule has 1 amide bonds. The monoisotopic (exact) mass is 311 g/mol. The number of carbonyl (C=O) groups is 1. The lowest BCUT2D eigenvalue weighted by molar-refractivity contribution is -0.122. The number of hydrogen-bond acceptors (Lipinski definition) is 5. The van der Waals surface area contributed by atoms with Gasteiger partial charge < -0.3 is 15.3 Å².